The van der Waals surface area contributed by atoms with Gasteiger partial charge in [0.25, 0.3) is 0 Å². The van der Waals surface area contributed by atoms with E-state index in [1.807, 2.05) is 6.92 Å². The van der Waals surface area contributed by atoms with E-state index in [-0.39, 0.29) is 0 Å². The molecule has 0 radical (unpaired) electrons. The fraction of sp³-hybridized carbons (Fsp3) is 0.444. The first kappa shape index (κ1) is 11.0. The van der Waals surface area contributed by atoms with E-state index < -0.39 is 0 Å². The highest BCUT2D eigenvalue weighted by molar-refractivity contribution is 7.09. The fourth-order valence-corrected chi connectivity index (χ4v) is 1.75. The summed E-state index contributed by atoms with van der Waals surface area (Å²) < 4.78 is 0. The van der Waals surface area contributed by atoms with Gasteiger partial charge in [-0.25, -0.2) is 5.84 Å². The topological polar surface area (TPSA) is 62.4 Å². The van der Waals surface area contributed by atoms with Gasteiger partial charge in [-0.1, -0.05) is 6.07 Å². The molecule has 0 saturated carbocycles. The molecule has 1 rings (SSSR count). The summed E-state index contributed by atoms with van der Waals surface area (Å²) in [4.78, 5) is 5.63. The van der Waals surface area contributed by atoms with Crippen LogP contribution in [0.1, 0.15) is 11.8 Å². The van der Waals surface area contributed by atoms with Crippen LogP contribution in [0, 0.1) is 0 Å². The lowest BCUT2D eigenvalue weighted by Crippen LogP contribution is -2.41. The molecule has 5 heteroatoms. The molecule has 4 nitrogen and oxygen atoms in total. The van der Waals surface area contributed by atoms with Gasteiger partial charge in [0.1, 0.15) is 0 Å². The van der Waals surface area contributed by atoms with Crippen LogP contribution in [-0.4, -0.2) is 19.0 Å². The van der Waals surface area contributed by atoms with E-state index in [4.69, 9.17) is 5.84 Å². The first-order valence-electron chi connectivity index (χ1n) is 4.64. The van der Waals surface area contributed by atoms with Crippen molar-refractivity contribution in [3.8, 4) is 0 Å². The lowest BCUT2D eigenvalue weighted by Gasteiger charge is -2.05. The molecule has 0 aromatic carbocycles. The Labute approximate surface area is 88.2 Å². The standard InChI is InChI=1S/C9H16N4S/c1-2-11-9(13-10)12-6-5-8-4-3-7-14-8/h3-4,7H,2,5-6,10H2,1H3,(H2,11,12,13). The summed E-state index contributed by atoms with van der Waals surface area (Å²) in [5.74, 6) is 5.93. The van der Waals surface area contributed by atoms with Crippen LogP contribution in [0.5, 0.6) is 0 Å². The Hall–Kier alpha value is -1.07. The Morgan fingerprint density at radius 3 is 3.07 bits per heavy atom. The first-order valence-corrected chi connectivity index (χ1v) is 5.52. The van der Waals surface area contributed by atoms with Gasteiger partial charge in [0, 0.05) is 24.4 Å². The molecule has 4 N–H and O–H groups in total. The monoisotopic (exact) mass is 212 g/mol. The van der Waals surface area contributed by atoms with Crippen LogP contribution in [0.4, 0.5) is 0 Å². The second-order valence-electron chi connectivity index (χ2n) is 2.73. The number of nitrogens with zero attached hydrogens (tertiary/aromatic N) is 1. The van der Waals surface area contributed by atoms with Crippen LogP contribution in [0.15, 0.2) is 22.5 Å². The molecular weight excluding hydrogens is 196 g/mol. The minimum Gasteiger partial charge on any atom is -0.356 e. The van der Waals surface area contributed by atoms with E-state index in [1.165, 1.54) is 4.88 Å². The summed E-state index contributed by atoms with van der Waals surface area (Å²) in [6, 6.07) is 4.17. The molecule has 0 aliphatic rings. The maximum atomic E-state index is 5.28. The zero-order chi connectivity index (χ0) is 10.2. The number of nitrogens with one attached hydrogen (secondary N) is 2. The van der Waals surface area contributed by atoms with Gasteiger partial charge in [-0.2, -0.15) is 0 Å². The molecule has 14 heavy (non-hydrogen) atoms. The van der Waals surface area contributed by atoms with Crippen LogP contribution < -0.4 is 16.6 Å². The Kier molecular flexibility index (Phi) is 5.03. The van der Waals surface area contributed by atoms with E-state index >= 15 is 0 Å². The number of rotatable bonds is 4. The molecule has 0 aliphatic heterocycles. The minimum absolute atomic E-state index is 0.657. The van der Waals surface area contributed by atoms with Gasteiger partial charge in [-0.15, -0.1) is 11.3 Å². The molecule has 0 atom stereocenters. The maximum absolute atomic E-state index is 5.28. The normalized spacial score (nSPS) is 11.4. The van der Waals surface area contributed by atoms with Crippen molar-refractivity contribution >= 4 is 17.3 Å². The van der Waals surface area contributed by atoms with E-state index in [0.717, 1.165) is 19.5 Å². The number of hydrazine groups is 1. The lowest BCUT2D eigenvalue weighted by atomic mass is 10.3. The van der Waals surface area contributed by atoms with Gasteiger partial charge in [0.05, 0.1) is 0 Å². The number of nitrogens with two attached hydrogens (primary N) is 1. The van der Waals surface area contributed by atoms with Crippen molar-refractivity contribution in [1.82, 2.24) is 10.7 Å². The largest absolute Gasteiger partial charge is 0.356 e. The van der Waals surface area contributed by atoms with E-state index in [0.29, 0.717) is 5.96 Å². The highest BCUT2D eigenvalue weighted by Gasteiger charge is 1.94. The summed E-state index contributed by atoms with van der Waals surface area (Å²) in [5, 5.41) is 5.10. The van der Waals surface area contributed by atoms with Gasteiger partial charge in [-0.05, 0) is 18.4 Å². The third-order valence-corrected chi connectivity index (χ3v) is 2.63. The summed E-state index contributed by atoms with van der Waals surface area (Å²) in [6.07, 6.45) is 0.967. The van der Waals surface area contributed by atoms with E-state index in [9.17, 15) is 0 Å². The summed E-state index contributed by atoms with van der Waals surface area (Å²) in [6.45, 7) is 3.58. The zero-order valence-electron chi connectivity index (χ0n) is 8.29. The van der Waals surface area contributed by atoms with Crippen molar-refractivity contribution in [1.29, 1.82) is 0 Å². The van der Waals surface area contributed by atoms with Crippen LogP contribution >= 0.6 is 11.3 Å². The highest BCUT2D eigenvalue weighted by atomic mass is 32.1. The molecule has 1 aromatic rings. The molecule has 78 valence electrons. The highest BCUT2D eigenvalue weighted by Crippen LogP contribution is 2.08. The molecule has 0 amide bonds. The van der Waals surface area contributed by atoms with Crippen molar-refractivity contribution in [2.75, 3.05) is 13.1 Å². The molecule has 0 bridgehead atoms. The van der Waals surface area contributed by atoms with Crippen molar-refractivity contribution in [3.63, 3.8) is 0 Å². The number of thiophene rings is 1. The summed E-state index contributed by atoms with van der Waals surface area (Å²) >= 11 is 1.75. The number of hydrogen-bond donors (Lipinski definition) is 3. The van der Waals surface area contributed by atoms with Crippen molar-refractivity contribution in [2.45, 2.75) is 13.3 Å². The average Bonchev–Trinajstić information content (AvgIpc) is 2.69. The summed E-state index contributed by atoms with van der Waals surface area (Å²) in [5.41, 5.74) is 2.53. The zero-order valence-corrected chi connectivity index (χ0v) is 9.10. The Morgan fingerprint density at radius 2 is 2.50 bits per heavy atom. The quantitative estimate of drug-likeness (QED) is 0.298. The van der Waals surface area contributed by atoms with Crippen LogP contribution in [0.3, 0.4) is 0 Å². The van der Waals surface area contributed by atoms with Crippen LogP contribution in [-0.2, 0) is 6.42 Å². The average molecular weight is 212 g/mol. The molecule has 1 aromatic heterocycles. The van der Waals surface area contributed by atoms with E-state index in [1.54, 1.807) is 11.3 Å². The predicted molar refractivity (Wildman–Crippen MR) is 61.3 cm³/mol. The Bertz CT molecular complexity index is 268. The van der Waals surface area contributed by atoms with Gasteiger partial charge in [0.15, 0.2) is 0 Å². The third kappa shape index (κ3) is 3.76. The van der Waals surface area contributed by atoms with E-state index in [2.05, 4.69) is 33.2 Å². The molecule has 0 aliphatic carbocycles. The number of guanidine groups is 1. The summed E-state index contributed by atoms with van der Waals surface area (Å²) in [7, 11) is 0. The van der Waals surface area contributed by atoms with Crippen LogP contribution in [0.2, 0.25) is 0 Å². The second-order valence-corrected chi connectivity index (χ2v) is 3.77. The number of hydrogen-bond acceptors (Lipinski definition) is 3. The molecule has 0 unspecified atom stereocenters. The lowest BCUT2D eigenvalue weighted by molar-refractivity contribution is 0.846. The van der Waals surface area contributed by atoms with Gasteiger partial charge >= 0.3 is 0 Å². The van der Waals surface area contributed by atoms with Crippen LogP contribution in [0.25, 0.3) is 0 Å². The SMILES string of the molecule is CCNC(=NCCc1cccs1)NN. The molecule has 1 heterocycles. The van der Waals surface area contributed by atoms with Gasteiger partial charge in [-0.3, -0.25) is 10.4 Å². The molecule has 0 spiro atoms. The smallest absolute Gasteiger partial charge is 0.205 e. The molecule has 0 fully saturated rings. The molecular formula is C9H16N4S. The first-order chi connectivity index (χ1) is 6.86. The fourth-order valence-electron chi connectivity index (χ4n) is 1.05. The van der Waals surface area contributed by atoms with Crippen molar-refractivity contribution in [3.05, 3.63) is 22.4 Å². The minimum atomic E-state index is 0.657. The van der Waals surface area contributed by atoms with Crippen molar-refractivity contribution in [2.24, 2.45) is 10.8 Å². The van der Waals surface area contributed by atoms with Gasteiger partial charge in [0.2, 0.25) is 5.96 Å². The predicted octanol–water partition coefficient (Wildman–Crippen LogP) is 0.719. The van der Waals surface area contributed by atoms with Crippen molar-refractivity contribution < 1.29 is 0 Å². The molecule has 0 saturated heterocycles. The second kappa shape index (κ2) is 6.39. The van der Waals surface area contributed by atoms with Gasteiger partial charge < -0.3 is 5.32 Å². The maximum Gasteiger partial charge on any atom is 0.205 e. The third-order valence-electron chi connectivity index (χ3n) is 1.69. The Morgan fingerprint density at radius 1 is 1.64 bits per heavy atom. The number of aliphatic imine (C=N–C) groups is 1. The Balaban J connectivity index is 2.30.